The van der Waals surface area contributed by atoms with Gasteiger partial charge in [0.1, 0.15) is 17.4 Å². The van der Waals surface area contributed by atoms with Crippen molar-refractivity contribution in [2.45, 2.75) is 12.6 Å². The number of carbonyl (C=O) groups excluding carboxylic acids is 2. The molecule has 0 saturated heterocycles. The maximum atomic E-state index is 13.3. The molecule has 1 aliphatic heterocycles. The SMILES string of the molecule is O=C(C1=C(O)C(=O)N(Cc2cccs2)C1c1ccco1)c1cc2cc(Cl)ccc2o1. The van der Waals surface area contributed by atoms with Crippen LogP contribution in [0.3, 0.4) is 0 Å². The number of halogens is 1. The molecule has 0 fully saturated rings. The lowest BCUT2D eigenvalue weighted by atomic mass is 9.99. The molecule has 4 heterocycles. The van der Waals surface area contributed by atoms with Gasteiger partial charge in [-0.05, 0) is 47.8 Å². The van der Waals surface area contributed by atoms with E-state index in [-0.39, 0.29) is 17.9 Å². The second-order valence-corrected chi connectivity index (χ2v) is 8.28. The molecular formula is C22H14ClNO5S. The minimum Gasteiger partial charge on any atom is -0.503 e. The van der Waals surface area contributed by atoms with Crippen LogP contribution in [0.2, 0.25) is 5.02 Å². The van der Waals surface area contributed by atoms with Crippen LogP contribution in [0, 0.1) is 0 Å². The predicted molar refractivity (Wildman–Crippen MR) is 112 cm³/mol. The van der Waals surface area contributed by atoms with Crippen molar-refractivity contribution >= 4 is 45.6 Å². The quantitative estimate of drug-likeness (QED) is 0.414. The predicted octanol–water partition coefficient (Wildman–Crippen LogP) is 5.52. The Morgan fingerprint density at radius 1 is 1.20 bits per heavy atom. The number of aliphatic hydroxyl groups excluding tert-OH is 1. The summed E-state index contributed by atoms with van der Waals surface area (Å²) in [6.07, 6.45) is 1.46. The standard InChI is InChI=1S/C22H14ClNO5S/c23-13-5-6-15-12(9-13)10-17(29-15)20(25)18-19(16-4-1-7-28-16)24(22(27)21(18)26)11-14-3-2-8-30-14/h1-10,19,26H,11H2. The van der Waals surface area contributed by atoms with Gasteiger partial charge >= 0.3 is 0 Å². The van der Waals surface area contributed by atoms with Crippen molar-refractivity contribution in [3.05, 3.63) is 92.9 Å². The van der Waals surface area contributed by atoms with Gasteiger partial charge in [-0.15, -0.1) is 11.3 Å². The van der Waals surface area contributed by atoms with Gasteiger partial charge in [-0.1, -0.05) is 17.7 Å². The van der Waals surface area contributed by atoms with Gasteiger partial charge in [-0.3, -0.25) is 9.59 Å². The van der Waals surface area contributed by atoms with Crippen LogP contribution in [0.5, 0.6) is 0 Å². The van der Waals surface area contributed by atoms with E-state index in [2.05, 4.69) is 0 Å². The molecule has 6 nitrogen and oxygen atoms in total. The van der Waals surface area contributed by atoms with Crippen molar-refractivity contribution in [1.29, 1.82) is 0 Å². The number of furan rings is 2. The molecule has 1 amide bonds. The molecule has 8 heteroatoms. The summed E-state index contributed by atoms with van der Waals surface area (Å²) in [7, 11) is 0. The highest BCUT2D eigenvalue weighted by atomic mass is 35.5. The fraction of sp³-hybridized carbons (Fsp3) is 0.0909. The first-order valence-corrected chi connectivity index (χ1v) is 10.3. The Bertz CT molecular complexity index is 1290. The smallest absolute Gasteiger partial charge is 0.290 e. The van der Waals surface area contributed by atoms with Crippen LogP contribution in [0.1, 0.15) is 27.2 Å². The molecule has 0 aliphatic carbocycles. The zero-order chi connectivity index (χ0) is 20.8. The van der Waals surface area contributed by atoms with Gasteiger partial charge in [0.15, 0.2) is 11.5 Å². The van der Waals surface area contributed by atoms with Gasteiger partial charge in [0.25, 0.3) is 5.91 Å². The van der Waals surface area contributed by atoms with Gasteiger partial charge in [-0.25, -0.2) is 0 Å². The lowest BCUT2D eigenvalue weighted by Crippen LogP contribution is -2.30. The van der Waals surface area contributed by atoms with Crippen molar-refractivity contribution in [2.75, 3.05) is 0 Å². The molecule has 3 aromatic heterocycles. The number of hydrogen-bond acceptors (Lipinski definition) is 6. The number of benzene rings is 1. The largest absolute Gasteiger partial charge is 0.503 e. The third-order valence-electron chi connectivity index (χ3n) is 4.97. The van der Waals surface area contributed by atoms with E-state index < -0.39 is 23.5 Å². The third kappa shape index (κ3) is 3.03. The summed E-state index contributed by atoms with van der Waals surface area (Å²) in [5.41, 5.74) is 0.411. The highest BCUT2D eigenvalue weighted by Crippen LogP contribution is 2.41. The van der Waals surface area contributed by atoms with Crippen molar-refractivity contribution in [1.82, 2.24) is 4.90 Å². The Kier molecular flexibility index (Phi) is 4.49. The van der Waals surface area contributed by atoms with Crippen molar-refractivity contribution in [2.24, 2.45) is 0 Å². The Hall–Kier alpha value is -3.29. The maximum Gasteiger partial charge on any atom is 0.290 e. The Morgan fingerprint density at radius 3 is 2.80 bits per heavy atom. The summed E-state index contributed by atoms with van der Waals surface area (Å²) < 4.78 is 11.2. The van der Waals surface area contributed by atoms with Gasteiger partial charge in [-0.2, -0.15) is 0 Å². The van der Waals surface area contributed by atoms with Crippen molar-refractivity contribution in [3.63, 3.8) is 0 Å². The summed E-state index contributed by atoms with van der Waals surface area (Å²) >= 11 is 7.50. The number of carbonyl (C=O) groups is 2. The molecule has 30 heavy (non-hydrogen) atoms. The van der Waals surface area contributed by atoms with Crippen LogP contribution in [0.4, 0.5) is 0 Å². The molecule has 1 N–H and O–H groups in total. The average molecular weight is 440 g/mol. The number of thiophene rings is 1. The molecule has 0 radical (unpaired) electrons. The number of nitrogens with zero attached hydrogens (tertiary/aromatic N) is 1. The van der Waals surface area contributed by atoms with E-state index in [1.54, 1.807) is 36.4 Å². The van der Waals surface area contributed by atoms with Gasteiger partial charge < -0.3 is 18.8 Å². The minimum absolute atomic E-state index is 0.0103. The zero-order valence-electron chi connectivity index (χ0n) is 15.4. The van der Waals surface area contributed by atoms with E-state index in [1.165, 1.54) is 22.5 Å². The molecule has 5 rings (SSSR count). The molecule has 1 aromatic carbocycles. The minimum atomic E-state index is -0.862. The molecule has 1 aliphatic rings. The van der Waals surface area contributed by atoms with Crippen LogP contribution in [-0.4, -0.2) is 21.7 Å². The Balaban J connectivity index is 1.58. The number of fused-ring (bicyclic) bond motifs is 1. The number of hydrogen-bond donors (Lipinski definition) is 1. The molecule has 4 aromatic rings. The second kappa shape index (κ2) is 7.19. The Labute approximate surface area is 179 Å². The molecule has 0 spiro atoms. The first-order valence-electron chi connectivity index (χ1n) is 9.06. The van der Waals surface area contributed by atoms with Crippen LogP contribution in [0.25, 0.3) is 11.0 Å². The first-order chi connectivity index (χ1) is 14.5. The van der Waals surface area contributed by atoms with E-state index in [9.17, 15) is 14.7 Å². The van der Waals surface area contributed by atoms with E-state index in [0.29, 0.717) is 21.8 Å². The lowest BCUT2D eigenvalue weighted by Gasteiger charge is -2.24. The first kappa shape index (κ1) is 18.7. The Morgan fingerprint density at radius 2 is 2.07 bits per heavy atom. The van der Waals surface area contributed by atoms with Crippen molar-refractivity contribution < 1.29 is 23.5 Å². The van der Waals surface area contributed by atoms with E-state index in [4.69, 9.17) is 20.4 Å². The van der Waals surface area contributed by atoms with E-state index in [1.807, 2.05) is 17.5 Å². The summed E-state index contributed by atoms with van der Waals surface area (Å²) in [5.74, 6) is -1.42. The lowest BCUT2D eigenvalue weighted by molar-refractivity contribution is -0.130. The summed E-state index contributed by atoms with van der Waals surface area (Å²) in [6, 6.07) is 12.8. The summed E-state index contributed by atoms with van der Waals surface area (Å²) in [5, 5.41) is 13.7. The fourth-order valence-corrected chi connectivity index (χ4v) is 4.50. The molecular weight excluding hydrogens is 426 g/mol. The number of aliphatic hydroxyl groups is 1. The second-order valence-electron chi connectivity index (χ2n) is 6.81. The fourth-order valence-electron chi connectivity index (χ4n) is 3.62. The van der Waals surface area contributed by atoms with E-state index >= 15 is 0 Å². The third-order valence-corrected chi connectivity index (χ3v) is 6.07. The maximum absolute atomic E-state index is 13.3. The monoisotopic (exact) mass is 439 g/mol. The number of Topliss-reactive ketones (excluding diaryl/α,β-unsaturated/α-hetero) is 1. The topological polar surface area (TPSA) is 83.9 Å². The van der Waals surface area contributed by atoms with Crippen LogP contribution >= 0.6 is 22.9 Å². The van der Waals surface area contributed by atoms with Gasteiger partial charge in [0, 0.05) is 15.3 Å². The van der Waals surface area contributed by atoms with Gasteiger partial charge in [0.2, 0.25) is 5.78 Å². The highest BCUT2D eigenvalue weighted by Gasteiger charge is 2.46. The zero-order valence-corrected chi connectivity index (χ0v) is 16.9. The van der Waals surface area contributed by atoms with Crippen molar-refractivity contribution in [3.8, 4) is 0 Å². The number of amides is 1. The van der Waals surface area contributed by atoms with E-state index in [0.717, 1.165) is 4.88 Å². The van der Waals surface area contributed by atoms with Crippen LogP contribution in [-0.2, 0) is 11.3 Å². The number of ketones is 1. The summed E-state index contributed by atoms with van der Waals surface area (Å²) in [4.78, 5) is 28.6. The average Bonchev–Trinajstić information content (AvgIpc) is 3.52. The van der Waals surface area contributed by atoms with Crippen LogP contribution in [0.15, 0.2) is 80.3 Å². The van der Waals surface area contributed by atoms with Crippen LogP contribution < -0.4 is 0 Å². The summed E-state index contributed by atoms with van der Waals surface area (Å²) in [6.45, 7) is 0.235. The molecule has 150 valence electrons. The van der Waals surface area contributed by atoms with Gasteiger partial charge in [0.05, 0.1) is 18.4 Å². The number of rotatable bonds is 5. The molecule has 1 unspecified atom stereocenters. The molecule has 0 saturated carbocycles. The normalized spacial score (nSPS) is 16.8. The highest BCUT2D eigenvalue weighted by molar-refractivity contribution is 7.09. The molecule has 1 atom stereocenters. The molecule has 0 bridgehead atoms.